The molecule has 4 nitrogen and oxygen atoms in total. The normalized spacial score (nSPS) is 11.7. The Morgan fingerprint density at radius 1 is 1.47 bits per heavy atom. The van der Waals surface area contributed by atoms with Gasteiger partial charge in [-0.2, -0.15) is 0 Å². The zero-order valence-electron chi connectivity index (χ0n) is 10.6. The van der Waals surface area contributed by atoms with Crippen LogP contribution in [0.2, 0.25) is 0 Å². The molecule has 1 aromatic heterocycles. The SMILES string of the molecule is CC(C)c1nc(Br)sc1NC(=O)OC(C)(C)C. The summed E-state index contributed by atoms with van der Waals surface area (Å²) in [5, 5.41) is 3.47. The van der Waals surface area contributed by atoms with Gasteiger partial charge in [0.05, 0.1) is 5.69 Å². The largest absolute Gasteiger partial charge is 0.444 e. The molecule has 96 valence electrons. The number of carbonyl (C=O) groups is 1. The standard InChI is InChI=1S/C11H17BrN2O2S/c1-6(2)7-8(17-9(12)13-7)14-10(15)16-11(3,4)5/h6H,1-5H3,(H,14,15). The topological polar surface area (TPSA) is 51.2 Å². The Morgan fingerprint density at radius 2 is 2.06 bits per heavy atom. The van der Waals surface area contributed by atoms with E-state index in [1.807, 2.05) is 34.6 Å². The smallest absolute Gasteiger partial charge is 0.412 e. The first-order chi connectivity index (χ1) is 7.69. The molecular weight excluding hydrogens is 304 g/mol. The molecule has 17 heavy (non-hydrogen) atoms. The molecule has 0 aromatic carbocycles. The molecule has 1 aromatic rings. The maximum atomic E-state index is 11.6. The van der Waals surface area contributed by atoms with Crippen LogP contribution in [0.4, 0.5) is 9.80 Å². The molecule has 1 rings (SSSR count). The lowest BCUT2D eigenvalue weighted by Gasteiger charge is -2.19. The number of hydrogen-bond acceptors (Lipinski definition) is 4. The van der Waals surface area contributed by atoms with E-state index in [0.717, 1.165) is 14.6 Å². The van der Waals surface area contributed by atoms with Gasteiger partial charge in [-0.3, -0.25) is 5.32 Å². The molecule has 6 heteroatoms. The lowest BCUT2D eigenvalue weighted by atomic mass is 10.1. The Kier molecular flexibility index (Phi) is 4.55. The van der Waals surface area contributed by atoms with Gasteiger partial charge in [-0.25, -0.2) is 9.78 Å². The molecule has 1 N–H and O–H groups in total. The lowest BCUT2D eigenvalue weighted by Crippen LogP contribution is -2.27. The Labute approximate surface area is 114 Å². The molecule has 0 aliphatic carbocycles. The number of thiazole rings is 1. The average molecular weight is 321 g/mol. The first kappa shape index (κ1) is 14.4. The lowest BCUT2D eigenvalue weighted by molar-refractivity contribution is 0.0636. The molecule has 1 heterocycles. The molecule has 0 saturated heterocycles. The van der Waals surface area contributed by atoms with Gasteiger partial charge in [-0.15, -0.1) is 0 Å². The molecule has 1 amide bonds. The summed E-state index contributed by atoms with van der Waals surface area (Å²) in [6.07, 6.45) is -0.449. The number of aromatic nitrogens is 1. The van der Waals surface area contributed by atoms with Gasteiger partial charge in [-0.1, -0.05) is 25.2 Å². The van der Waals surface area contributed by atoms with Gasteiger partial charge in [0.25, 0.3) is 0 Å². The second-order valence-electron chi connectivity index (χ2n) is 4.96. The maximum absolute atomic E-state index is 11.6. The van der Waals surface area contributed by atoms with E-state index in [1.165, 1.54) is 11.3 Å². The molecule has 0 bridgehead atoms. The van der Waals surface area contributed by atoms with E-state index >= 15 is 0 Å². The molecule has 0 aliphatic heterocycles. The monoisotopic (exact) mass is 320 g/mol. The van der Waals surface area contributed by atoms with Gasteiger partial charge in [0, 0.05) is 0 Å². The summed E-state index contributed by atoms with van der Waals surface area (Å²) in [7, 11) is 0. The molecule has 0 aliphatic rings. The Balaban J connectivity index is 2.78. The van der Waals surface area contributed by atoms with Crippen LogP contribution in [0.25, 0.3) is 0 Å². The predicted molar refractivity (Wildman–Crippen MR) is 73.8 cm³/mol. The molecule has 0 unspecified atom stereocenters. The van der Waals surface area contributed by atoms with Crippen molar-refractivity contribution in [2.45, 2.75) is 46.1 Å². The number of amides is 1. The third kappa shape index (κ3) is 4.63. The van der Waals surface area contributed by atoms with Crippen molar-refractivity contribution < 1.29 is 9.53 Å². The highest BCUT2D eigenvalue weighted by Crippen LogP contribution is 2.33. The Bertz CT molecular complexity index is 410. The summed E-state index contributed by atoms with van der Waals surface area (Å²) in [4.78, 5) is 16.0. The van der Waals surface area contributed by atoms with Crippen LogP contribution < -0.4 is 5.32 Å². The Hall–Kier alpha value is -0.620. The van der Waals surface area contributed by atoms with Crippen molar-refractivity contribution in [3.05, 3.63) is 9.61 Å². The second kappa shape index (κ2) is 5.35. The summed E-state index contributed by atoms with van der Waals surface area (Å²) >= 11 is 4.71. The summed E-state index contributed by atoms with van der Waals surface area (Å²) in [6.45, 7) is 9.55. The molecule has 0 radical (unpaired) electrons. The fourth-order valence-electron chi connectivity index (χ4n) is 1.18. The van der Waals surface area contributed by atoms with Crippen LogP contribution in [0.1, 0.15) is 46.2 Å². The van der Waals surface area contributed by atoms with Gasteiger partial charge in [0.15, 0.2) is 3.92 Å². The zero-order valence-corrected chi connectivity index (χ0v) is 13.0. The van der Waals surface area contributed by atoms with Crippen molar-refractivity contribution in [1.82, 2.24) is 4.98 Å². The van der Waals surface area contributed by atoms with Crippen molar-refractivity contribution in [2.24, 2.45) is 0 Å². The van der Waals surface area contributed by atoms with Crippen LogP contribution >= 0.6 is 27.3 Å². The second-order valence-corrected chi connectivity index (χ2v) is 7.24. The van der Waals surface area contributed by atoms with E-state index in [-0.39, 0.29) is 5.92 Å². The Morgan fingerprint density at radius 3 is 2.53 bits per heavy atom. The summed E-state index contributed by atoms with van der Waals surface area (Å²) in [5.41, 5.74) is 0.372. The minimum atomic E-state index is -0.496. The van der Waals surface area contributed by atoms with Crippen LogP contribution in [-0.4, -0.2) is 16.7 Å². The molecule has 0 atom stereocenters. The molecule has 0 spiro atoms. The van der Waals surface area contributed by atoms with Gasteiger partial charge >= 0.3 is 6.09 Å². The van der Waals surface area contributed by atoms with E-state index in [2.05, 4.69) is 26.2 Å². The minimum absolute atomic E-state index is 0.252. The first-order valence-corrected chi connectivity index (χ1v) is 6.96. The van der Waals surface area contributed by atoms with Crippen LogP contribution in [-0.2, 0) is 4.74 Å². The number of halogens is 1. The van der Waals surface area contributed by atoms with Gasteiger partial charge in [-0.05, 0) is 42.6 Å². The van der Waals surface area contributed by atoms with Gasteiger partial charge in [0.2, 0.25) is 0 Å². The van der Waals surface area contributed by atoms with Crippen LogP contribution in [0.15, 0.2) is 3.92 Å². The van der Waals surface area contributed by atoms with E-state index < -0.39 is 11.7 Å². The number of nitrogens with one attached hydrogen (secondary N) is 1. The fourth-order valence-corrected chi connectivity index (χ4v) is 2.69. The third-order valence-electron chi connectivity index (χ3n) is 1.79. The first-order valence-electron chi connectivity index (χ1n) is 5.35. The molecule has 0 saturated carbocycles. The van der Waals surface area contributed by atoms with Crippen LogP contribution in [0, 0.1) is 0 Å². The number of hydrogen-bond donors (Lipinski definition) is 1. The third-order valence-corrected chi connectivity index (χ3v) is 3.23. The van der Waals surface area contributed by atoms with Crippen molar-refractivity contribution in [2.75, 3.05) is 5.32 Å². The van der Waals surface area contributed by atoms with Crippen molar-refractivity contribution in [3.8, 4) is 0 Å². The summed E-state index contributed by atoms with van der Waals surface area (Å²) in [5.74, 6) is 0.252. The number of rotatable bonds is 2. The number of carbonyl (C=O) groups excluding carboxylic acids is 1. The van der Waals surface area contributed by atoms with Gasteiger partial charge < -0.3 is 4.74 Å². The van der Waals surface area contributed by atoms with Gasteiger partial charge in [0.1, 0.15) is 10.6 Å². The number of nitrogens with zero attached hydrogens (tertiary/aromatic N) is 1. The zero-order chi connectivity index (χ0) is 13.2. The molecule has 0 fully saturated rings. The average Bonchev–Trinajstić information content (AvgIpc) is 2.42. The number of ether oxygens (including phenoxy) is 1. The van der Waals surface area contributed by atoms with Crippen molar-refractivity contribution in [3.63, 3.8) is 0 Å². The highest BCUT2D eigenvalue weighted by atomic mass is 79.9. The van der Waals surface area contributed by atoms with E-state index in [9.17, 15) is 4.79 Å². The van der Waals surface area contributed by atoms with Crippen molar-refractivity contribution in [1.29, 1.82) is 0 Å². The summed E-state index contributed by atoms with van der Waals surface area (Å²) in [6, 6.07) is 0. The quantitative estimate of drug-likeness (QED) is 0.879. The van der Waals surface area contributed by atoms with Crippen molar-refractivity contribution >= 4 is 38.4 Å². The van der Waals surface area contributed by atoms with Crippen LogP contribution in [0.5, 0.6) is 0 Å². The maximum Gasteiger partial charge on any atom is 0.412 e. The molecular formula is C11H17BrN2O2S. The minimum Gasteiger partial charge on any atom is -0.444 e. The van der Waals surface area contributed by atoms with E-state index in [1.54, 1.807) is 0 Å². The predicted octanol–water partition coefficient (Wildman–Crippen LogP) is 4.38. The number of anilines is 1. The van der Waals surface area contributed by atoms with E-state index in [4.69, 9.17) is 4.74 Å². The van der Waals surface area contributed by atoms with E-state index in [0.29, 0.717) is 0 Å². The fraction of sp³-hybridized carbons (Fsp3) is 0.636. The summed E-state index contributed by atoms with van der Waals surface area (Å²) < 4.78 is 5.96. The van der Waals surface area contributed by atoms with Crippen LogP contribution in [0.3, 0.4) is 0 Å². The highest BCUT2D eigenvalue weighted by molar-refractivity contribution is 9.11. The highest BCUT2D eigenvalue weighted by Gasteiger charge is 2.20.